The number of hydrogen-bond donors (Lipinski definition) is 2. The summed E-state index contributed by atoms with van der Waals surface area (Å²) in [6.07, 6.45) is 0. The van der Waals surface area contributed by atoms with Crippen molar-refractivity contribution >= 4 is 23.0 Å². The van der Waals surface area contributed by atoms with Crippen LogP contribution in [-0.2, 0) is 0 Å². The molecule has 0 unspecified atom stereocenters. The van der Waals surface area contributed by atoms with Gasteiger partial charge in [-0.3, -0.25) is 0 Å². The lowest BCUT2D eigenvalue weighted by Crippen LogP contribution is -2.18. The first-order valence-electron chi connectivity index (χ1n) is 3.70. The zero-order valence-corrected chi connectivity index (χ0v) is 7.98. The number of anilines is 1. The Morgan fingerprint density at radius 2 is 2.31 bits per heavy atom. The molecule has 4 heteroatoms. The van der Waals surface area contributed by atoms with E-state index in [-0.39, 0.29) is 5.11 Å². The maximum absolute atomic E-state index is 8.74. The summed E-state index contributed by atoms with van der Waals surface area (Å²) in [6, 6.07) is 7.48. The van der Waals surface area contributed by atoms with Crippen LogP contribution in [0.2, 0.25) is 0 Å². The Labute approximate surface area is 82.2 Å². The second kappa shape index (κ2) is 3.87. The van der Waals surface area contributed by atoms with Gasteiger partial charge in [-0.25, -0.2) is 0 Å². The molecule has 0 aliphatic heterocycles. The summed E-state index contributed by atoms with van der Waals surface area (Å²) in [5, 5.41) is 11.7. The monoisotopic (exact) mass is 191 g/mol. The molecule has 0 saturated heterocycles. The van der Waals surface area contributed by atoms with Crippen LogP contribution in [0.1, 0.15) is 11.1 Å². The van der Waals surface area contributed by atoms with E-state index >= 15 is 0 Å². The lowest BCUT2D eigenvalue weighted by molar-refractivity contribution is 1.39. The lowest BCUT2D eigenvalue weighted by Gasteiger charge is -2.04. The molecular formula is C9H9N3S. The quantitative estimate of drug-likeness (QED) is 0.661. The molecule has 3 N–H and O–H groups in total. The van der Waals surface area contributed by atoms with E-state index in [1.807, 2.05) is 19.1 Å². The molecule has 0 aromatic heterocycles. The van der Waals surface area contributed by atoms with Crippen LogP contribution in [0.4, 0.5) is 5.69 Å². The molecule has 3 nitrogen and oxygen atoms in total. The molecule has 0 radical (unpaired) electrons. The van der Waals surface area contributed by atoms with Crippen LogP contribution in [0.5, 0.6) is 0 Å². The van der Waals surface area contributed by atoms with Crippen LogP contribution in [-0.4, -0.2) is 5.11 Å². The fourth-order valence-corrected chi connectivity index (χ4v) is 1.08. The predicted octanol–water partition coefficient (Wildman–Crippen LogP) is 1.52. The van der Waals surface area contributed by atoms with E-state index in [2.05, 4.69) is 23.6 Å². The van der Waals surface area contributed by atoms with Gasteiger partial charge in [0.15, 0.2) is 5.11 Å². The lowest BCUT2D eigenvalue weighted by atomic mass is 10.1. The van der Waals surface area contributed by atoms with Crippen LogP contribution in [0.25, 0.3) is 0 Å². The number of nitrogens with two attached hydrogens (primary N) is 1. The topological polar surface area (TPSA) is 61.8 Å². The molecule has 66 valence electrons. The van der Waals surface area contributed by atoms with Gasteiger partial charge >= 0.3 is 0 Å². The number of thiocarbonyl (C=S) groups is 1. The Balaban J connectivity index is 3.01. The van der Waals surface area contributed by atoms with Gasteiger partial charge in [-0.05, 0) is 36.8 Å². The molecule has 1 aromatic carbocycles. The second-order valence-corrected chi connectivity index (χ2v) is 3.07. The van der Waals surface area contributed by atoms with Gasteiger partial charge in [-0.1, -0.05) is 6.07 Å². The Morgan fingerprint density at radius 3 is 2.85 bits per heavy atom. The normalized spacial score (nSPS) is 8.92. The summed E-state index contributed by atoms with van der Waals surface area (Å²) in [5.41, 5.74) is 7.60. The highest BCUT2D eigenvalue weighted by atomic mass is 32.1. The molecule has 13 heavy (non-hydrogen) atoms. The van der Waals surface area contributed by atoms with E-state index in [9.17, 15) is 0 Å². The zero-order chi connectivity index (χ0) is 9.84. The average molecular weight is 191 g/mol. The SMILES string of the molecule is Cc1ccc(NC(N)=S)cc1C#N. The third-order valence-corrected chi connectivity index (χ3v) is 1.73. The first-order valence-corrected chi connectivity index (χ1v) is 4.11. The zero-order valence-electron chi connectivity index (χ0n) is 7.16. The van der Waals surface area contributed by atoms with Gasteiger partial charge in [0.25, 0.3) is 0 Å². The van der Waals surface area contributed by atoms with Crippen molar-refractivity contribution in [3.8, 4) is 6.07 Å². The highest BCUT2D eigenvalue weighted by molar-refractivity contribution is 7.80. The summed E-state index contributed by atoms with van der Waals surface area (Å²) in [7, 11) is 0. The number of aryl methyl sites for hydroxylation is 1. The van der Waals surface area contributed by atoms with Crippen molar-refractivity contribution in [1.29, 1.82) is 5.26 Å². The van der Waals surface area contributed by atoms with Crippen molar-refractivity contribution < 1.29 is 0 Å². The molecule has 1 aromatic rings. The van der Waals surface area contributed by atoms with Crippen molar-refractivity contribution in [1.82, 2.24) is 0 Å². The Hall–Kier alpha value is -1.60. The van der Waals surface area contributed by atoms with E-state index in [1.165, 1.54) is 0 Å². The summed E-state index contributed by atoms with van der Waals surface area (Å²) in [5.74, 6) is 0. The predicted molar refractivity (Wildman–Crippen MR) is 56.3 cm³/mol. The van der Waals surface area contributed by atoms with Crippen molar-refractivity contribution in [2.75, 3.05) is 5.32 Å². The largest absolute Gasteiger partial charge is 0.376 e. The van der Waals surface area contributed by atoms with E-state index in [0.717, 1.165) is 11.3 Å². The molecule has 0 fully saturated rings. The van der Waals surface area contributed by atoms with Crippen LogP contribution in [0.15, 0.2) is 18.2 Å². The second-order valence-electron chi connectivity index (χ2n) is 2.63. The third kappa shape index (κ3) is 2.42. The fraction of sp³-hybridized carbons (Fsp3) is 0.111. The Kier molecular flexibility index (Phi) is 2.83. The molecule has 0 heterocycles. The maximum Gasteiger partial charge on any atom is 0.168 e. The van der Waals surface area contributed by atoms with Crippen molar-refractivity contribution in [2.45, 2.75) is 6.92 Å². The smallest absolute Gasteiger partial charge is 0.168 e. The number of hydrogen-bond acceptors (Lipinski definition) is 2. The van der Waals surface area contributed by atoms with E-state index in [1.54, 1.807) is 6.07 Å². The Morgan fingerprint density at radius 1 is 1.62 bits per heavy atom. The average Bonchev–Trinajstić information content (AvgIpc) is 2.07. The highest BCUT2D eigenvalue weighted by Gasteiger charge is 1.99. The van der Waals surface area contributed by atoms with Gasteiger partial charge in [0.1, 0.15) is 0 Å². The van der Waals surface area contributed by atoms with E-state index in [4.69, 9.17) is 11.0 Å². The number of nitrogens with zero attached hydrogens (tertiary/aromatic N) is 1. The van der Waals surface area contributed by atoms with Gasteiger partial charge in [-0.15, -0.1) is 0 Å². The molecular weight excluding hydrogens is 182 g/mol. The standard InChI is InChI=1S/C9H9N3S/c1-6-2-3-8(12-9(11)13)4-7(6)5-10/h2-4H,1H3,(H3,11,12,13). The van der Waals surface area contributed by atoms with Crippen molar-refractivity contribution in [2.24, 2.45) is 5.73 Å². The van der Waals surface area contributed by atoms with Gasteiger partial charge in [0.05, 0.1) is 11.6 Å². The fourth-order valence-electron chi connectivity index (χ4n) is 0.962. The number of rotatable bonds is 1. The molecule has 0 atom stereocenters. The van der Waals surface area contributed by atoms with Crippen molar-refractivity contribution in [3.63, 3.8) is 0 Å². The minimum absolute atomic E-state index is 0.202. The van der Waals surface area contributed by atoms with Crippen LogP contribution in [0.3, 0.4) is 0 Å². The summed E-state index contributed by atoms with van der Waals surface area (Å²) in [4.78, 5) is 0. The van der Waals surface area contributed by atoms with Crippen LogP contribution in [0, 0.1) is 18.3 Å². The molecule has 0 saturated carbocycles. The van der Waals surface area contributed by atoms with E-state index < -0.39 is 0 Å². The van der Waals surface area contributed by atoms with E-state index in [0.29, 0.717) is 5.56 Å². The molecule has 0 aliphatic carbocycles. The molecule has 0 bridgehead atoms. The molecule has 0 spiro atoms. The van der Waals surface area contributed by atoms with Crippen molar-refractivity contribution in [3.05, 3.63) is 29.3 Å². The minimum atomic E-state index is 0.202. The molecule has 1 rings (SSSR count). The first kappa shape index (κ1) is 9.49. The Bertz CT molecular complexity index is 379. The van der Waals surface area contributed by atoms with Crippen LogP contribution < -0.4 is 11.1 Å². The number of nitrogens with one attached hydrogen (secondary N) is 1. The number of nitriles is 1. The summed E-state index contributed by atoms with van der Waals surface area (Å²) < 4.78 is 0. The number of benzene rings is 1. The van der Waals surface area contributed by atoms with Gasteiger partial charge < -0.3 is 11.1 Å². The van der Waals surface area contributed by atoms with Gasteiger partial charge in [0.2, 0.25) is 0 Å². The third-order valence-electron chi connectivity index (χ3n) is 1.63. The molecule has 0 aliphatic rings. The molecule has 0 amide bonds. The minimum Gasteiger partial charge on any atom is -0.376 e. The highest BCUT2D eigenvalue weighted by Crippen LogP contribution is 2.13. The summed E-state index contributed by atoms with van der Waals surface area (Å²) >= 11 is 4.67. The first-order chi connectivity index (χ1) is 6.13. The summed E-state index contributed by atoms with van der Waals surface area (Å²) in [6.45, 7) is 1.88. The van der Waals surface area contributed by atoms with Crippen LogP contribution >= 0.6 is 12.2 Å². The van der Waals surface area contributed by atoms with Gasteiger partial charge in [-0.2, -0.15) is 5.26 Å². The maximum atomic E-state index is 8.74. The van der Waals surface area contributed by atoms with Gasteiger partial charge in [0, 0.05) is 5.69 Å².